The molecule has 2 aromatic rings. The van der Waals surface area contributed by atoms with Gasteiger partial charge >= 0.3 is 5.69 Å². The Hall–Kier alpha value is -1.84. The maximum atomic E-state index is 12.1. The van der Waals surface area contributed by atoms with E-state index < -0.39 is 0 Å². The minimum atomic E-state index is -0.0804. The van der Waals surface area contributed by atoms with Gasteiger partial charge in [0.15, 0.2) is 0 Å². The Morgan fingerprint density at radius 1 is 1.00 bits per heavy atom. The number of aromatic nitrogens is 3. The van der Waals surface area contributed by atoms with Gasteiger partial charge < -0.3 is 0 Å². The van der Waals surface area contributed by atoms with Crippen molar-refractivity contribution in [3.05, 3.63) is 46.6 Å². The molecule has 1 unspecified atom stereocenters. The standard InChI is InChI=1S/C13H17N3O.C3H8.2C2H6/c1-4-11(3)16-13(17)15(9-14-16)12-7-5-10(2)6-8-12;1-3-2;2*1-2/h5-9,11H,4H2,1-3H3;3H2,1-2H3;2*1-2H3. The number of benzene rings is 1. The van der Waals surface area contributed by atoms with Gasteiger partial charge in [0.25, 0.3) is 0 Å². The van der Waals surface area contributed by atoms with Gasteiger partial charge in [-0.25, -0.2) is 14.0 Å². The second kappa shape index (κ2) is 14.7. The molecule has 0 saturated carbocycles. The lowest BCUT2D eigenvalue weighted by Gasteiger charge is -2.06. The molecule has 2 rings (SSSR count). The van der Waals surface area contributed by atoms with E-state index in [0.717, 1.165) is 12.1 Å². The summed E-state index contributed by atoms with van der Waals surface area (Å²) in [6, 6.07) is 7.97. The predicted molar refractivity (Wildman–Crippen MR) is 106 cm³/mol. The fourth-order valence-electron chi connectivity index (χ4n) is 1.67. The highest BCUT2D eigenvalue weighted by atomic mass is 16.2. The van der Waals surface area contributed by atoms with Gasteiger partial charge in [-0.1, -0.05) is 72.6 Å². The summed E-state index contributed by atoms with van der Waals surface area (Å²) in [5.41, 5.74) is 1.95. The van der Waals surface area contributed by atoms with Crippen LogP contribution < -0.4 is 5.69 Å². The van der Waals surface area contributed by atoms with Gasteiger partial charge in [-0.3, -0.25) is 0 Å². The number of hydrogen-bond acceptors (Lipinski definition) is 2. The highest BCUT2D eigenvalue weighted by Crippen LogP contribution is 2.08. The van der Waals surface area contributed by atoms with Gasteiger partial charge in [-0.15, -0.1) is 0 Å². The normalized spacial score (nSPS) is 10.2. The largest absolute Gasteiger partial charge is 0.350 e. The van der Waals surface area contributed by atoms with E-state index in [9.17, 15) is 4.79 Å². The van der Waals surface area contributed by atoms with E-state index in [2.05, 4.69) is 18.9 Å². The Bertz CT molecular complexity index is 567. The van der Waals surface area contributed by atoms with Crippen molar-refractivity contribution in [3.63, 3.8) is 0 Å². The first-order valence-electron chi connectivity index (χ1n) is 9.28. The molecule has 0 spiro atoms. The van der Waals surface area contributed by atoms with E-state index in [1.54, 1.807) is 10.9 Å². The lowest BCUT2D eigenvalue weighted by atomic mass is 10.2. The fraction of sp³-hybridized carbons (Fsp3) is 0.600. The number of nitrogens with zero attached hydrogens (tertiary/aromatic N) is 3. The molecule has 1 heterocycles. The van der Waals surface area contributed by atoms with Crippen molar-refractivity contribution in [2.75, 3.05) is 0 Å². The second-order valence-corrected chi connectivity index (χ2v) is 5.03. The third-order valence-electron chi connectivity index (χ3n) is 3.01. The van der Waals surface area contributed by atoms with Crippen LogP contribution in [0, 0.1) is 6.92 Å². The molecule has 0 aliphatic carbocycles. The molecule has 1 aromatic heterocycles. The third-order valence-corrected chi connectivity index (χ3v) is 3.01. The molecule has 0 fully saturated rings. The SMILES string of the molecule is CC.CC.CCC.CCC(C)n1ncn(-c2ccc(C)cc2)c1=O. The molecule has 0 aliphatic heterocycles. The van der Waals surface area contributed by atoms with Crippen molar-refractivity contribution in [3.8, 4) is 5.69 Å². The molecule has 0 bridgehead atoms. The monoisotopic (exact) mass is 335 g/mol. The third kappa shape index (κ3) is 7.62. The summed E-state index contributed by atoms with van der Waals surface area (Å²) in [5.74, 6) is 0. The summed E-state index contributed by atoms with van der Waals surface area (Å²) in [5, 5.41) is 4.15. The van der Waals surface area contributed by atoms with Crippen LogP contribution in [0.4, 0.5) is 0 Å². The van der Waals surface area contributed by atoms with Crippen LogP contribution >= 0.6 is 0 Å². The molecule has 0 radical (unpaired) electrons. The Morgan fingerprint density at radius 2 is 1.46 bits per heavy atom. The minimum absolute atomic E-state index is 0.0804. The van der Waals surface area contributed by atoms with E-state index >= 15 is 0 Å². The molecule has 138 valence electrons. The van der Waals surface area contributed by atoms with Crippen LogP contribution in [-0.4, -0.2) is 14.3 Å². The fourth-order valence-corrected chi connectivity index (χ4v) is 1.67. The van der Waals surface area contributed by atoms with Crippen LogP contribution in [0.3, 0.4) is 0 Å². The van der Waals surface area contributed by atoms with E-state index in [1.165, 1.54) is 16.7 Å². The van der Waals surface area contributed by atoms with Crippen LogP contribution in [0.5, 0.6) is 0 Å². The summed E-state index contributed by atoms with van der Waals surface area (Å²) in [6.07, 6.45) is 3.73. The molecule has 0 saturated heterocycles. The summed E-state index contributed by atoms with van der Waals surface area (Å²) >= 11 is 0. The van der Waals surface area contributed by atoms with Crippen LogP contribution in [0.15, 0.2) is 35.4 Å². The highest BCUT2D eigenvalue weighted by Gasteiger charge is 2.10. The van der Waals surface area contributed by atoms with Crippen molar-refractivity contribution in [2.45, 2.75) is 81.2 Å². The predicted octanol–water partition coefficient (Wildman–Crippen LogP) is 5.78. The maximum absolute atomic E-state index is 12.1. The van der Waals surface area contributed by atoms with E-state index in [1.807, 2.05) is 72.7 Å². The number of hydrogen-bond donors (Lipinski definition) is 0. The minimum Gasteiger partial charge on any atom is -0.250 e. The molecule has 1 aromatic carbocycles. The lowest BCUT2D eigenvalue weighted by Crippen LogP contribution is -2.26. The van der Waals surface area contributed by atoms with Gasteiger partial charge in [0.05, 0.1) is 11.7 Å². The van der Waals surface area contributed by atoms with Gasteiger partial charge in [0.2, 0.25) is 0 Å². The van der Waals surface area contributed by atoms with Crippen LogP contribution in [0.2, 0.25) is 0 Å². The summed E-state index contributed by atoms with van der Waals surface area (Å²) < 4.78 is 3.10. The zero-order valence-corrected chi connectivity index (χ0v) is 17.1. The van der Waals surface area contributed by atoms with E-state index in [4.69, 9.17) is 0 Å². The van der Waals surface area contributed by atoms with Gasteiger partial charge in [-0.2, -0.15) is 5.10 Å². The van der Waals surface area contributed by atoms with Gasteiger partial charge in [0.1, 0.15) is 6.33 Å². The first-order chi connectivity index (χ1) is 11.5. The van der Waals surface area contributed by atoms with E-state index in [-0.39, 0.29) is 11.7 Å². The Balaban J connectivity index is 0. The molecular formula is C20H37N3O. The lowest BCUT2D eigenvalue weighted by molar-refractivity contribution is 0.460. The van der Waals surface area contributed by atoms with Gasteiger partial charge in [-0.05, 0) is 32.4 Å². The highest BCUT2D eigenvalue weighted by molar-refractivity contribution is 5.33. The molecule has 1 atom stereocenters. The summed E-state index contributed by atoms with van der Waals surface area (Å²) in [7, 11) is 0. The Labute approximate surface area is 148 Å². The van der Waals surface area contributed by atoms with Crippen molar-refractivity contribution in [2.24, 2.45) is 0 Å². The molecule has 4 nitrogen and oxygen atoms in total. The van der Waals surface area contributed by atoms with Gasteiger partial charge in [0, 0.05) is 0 Å². The summed E-state index contributed by atoms with van der Waals surface area (Å²) in [4.78, 5) is 12.1. The van der Waals surface area contributed by atoms with Crippen molar-refractivity contribution in [1.29, 1.82) is 0 Å². The van der Waals surface area contributed by atoms with Crippen molar-refractivity contribution >= 4 is 0 Å². The molecule has 0 aliphatic rings. The van der Waals surface area contributed by atoms with Crippen LogP contribution in [0.1, 0.15) is 79.8 Å². The second-order valence-electron chi connectivity index (χ2n) is 5.03. The number of aryl methyl sites for hydroxylation is 1. The topological polar surface area (TPSA) is 39.8 Å². The maximum Gasteiger partial charge on any atom is 0.350 e. The van der Waals surface area contributed by atoms with Crippen molar-refractivity contribution < 1.29 is 0 Å². The van der Waals surface area contributed by atoms with E-state index in [0.29, 0.717) is 0 Å². The van der Waals surface area contributed by atoms with Crippen molar-refractivity contribution in [1.82, 2.24) is 14.3 Å². The molecule has 0 N–H and O–H groups in total. The first kappa shape index (κ1) is 24.4. The van der Waals surface area contributed by atoms with Crippen LogP contribution in [0.25, 0.3) is 5.69 Å². The first-order valence-corrected chi connectivity index (χ1v) is 9.28. The average molecular weight is 336 g/mol. The molecular weight excluding hydrogens is 298 g/mol. The quantitative estimate of drug-likeness (QED) is 0.713. The zero-order valence-electron chi connectivity index (χ0n) is 17.1. The molecule has 24 heavy (non-hydrogen) atoms. The molecule has 4 heteroatoms. The molecule has 0 amide bonds. The zero-order chi connectivity index (χ0) is 19.1. The Morgan fingerprint density at radius 3 is 1.88 bits per heavy atom. The number of rotatable bonds is 3. The average Bonchev–Trinajstić information content (AvgIpc) is 3.01. The Kier molecular flexibility index (Phi) is 15.0. The smallest absolute Gasteiger partial charge is 0.250 e. The van der Waals surface area contributed by atoms with Crippen LogP contribution in [-0.2, 0) is 0 Å². The summed E-state index contributed by atoms with van der Waals surface area (Å²) in [6.45, 7) is 18.3.